The number of carbonyl (C=O) groups excluding carboxylic acids is 1. The van der Waals surface area contributed by atoms with Crippen LogP contribution in [0.5, 0.6) is 5.75 Å². The maximum Gasteiger partial charge on any atom is 0.262 e. The summed E-state index contributed by atoms with van der Waals surface area (Å²) in [6.07, 6.45) is -0.560. The van der Waals surface area contributed by atoms with Crippen LogP contribution in [0.25, 0.3) is 11.3 Å². The highest BCUT2D eigenvalue weighted by Crippen LogP contribution is 2.34. The Morgan fingerprint density at radius 2 is 1.96 bits per heavy atom. The molecule has 1 N–H and O–H groups in total. The predicted molar refractivity (Wildman–Crippen MR) is 97.9 cm³/mol. The molecule has 6 nitrogen and oxygen atoms in total. The third kappa shape index (κ3) is 3.13. The summed E-state index contributed by atoms with van der Waals surface area (Å²) in [7, 11) is 1.61. The standard InChI is InChI=1S/C20H19N3O3/c1-21-20(24)19-13-23(16-9-5-6-10-17(16)25-19)12-15-11-18(26-22-15)14-7-3-2-4-8-14/h2-11,19H,12-13H2,1H3,(H,21,24)/t19-/m1/s1. The van der Waals surface area contributed by atoms with Gasteiger partial charge in [0.25, 0.3) is 5.91 Å². The summed E-state index contributed by atoms with van der Waals surface area (Å²) in [6, 6.07) is 19.5. The smallest absolute Gasteiger partial charge is 0.262 e. The highest BCUT2D eigenvalue weighted by atomic mass is 16.5. The van der Waals surface area contributed by atoms with Crippen molar-refractivity contribution in [1.82, 2.24) is 10.5 Å². The summed E-state index contributed by atoms with van der Waals surface area (Å²) in [5.74, 6) is 1.28. The largest absolute Gasteiger partial charge is 0.477 e. The van der Waals surface area contributed by atoms with Crippen LogP contribution in [0.2, 0.25) is 0 Å². The van der Waals surface area contributed by atoms with E-state index in [2.05, 4.69) is 15.4 Å². The number of benzene rings is 2. The van der Waals surface area contributed by atoms with Gasteiger partial charge in [-0.05, 0) is 12.1 Å². The highest BCUT2D eigenvalue weighted by Gasteiger charge is 2.30. The van der Waals surface area contributed by atoms with Crippen molar-refractivity contribution >= 4 is 11.6 Å². The fourth-order valence-corrected chi connectivity index (χ4v) is 3.07. The number of nitrogens with zero attached hydrogens (tertiary/aromatic N) is 2. The summed E-state index contributed by atoms with van der Waals surface area (Å²) in [6.45, 7) is 0.981. The van der Waals surface area contributed by atoms with Gasteiger partial charge < -0.3 is 19.5 Å². The fourth-order valence-electron chi connectivity index (χ4n) is 3.07. The molecule has 0 aliphatic carbocycles. The monoisotopic (exact) mass is 349 g/mol. The molecule has 26 heavy (non-hydrogen) atoms. The van der Waals surface area contributed by atoms with Gasteiger partial charge in [0.05, 0.1) is 18.8 Å². The number of aromatic nitrogens is 1. The Labute approximate surface area is 151 Å². The van der Waals surface area contributed by atoms with E-state index in [1.54, 1.807) is 7.05 Å². The van der Waals surface area contributed by atoms with Gasteiger partial charge >= 0.3 is 0 Å². The third-order valence-electron chi connectivity index (χ3n) is 4.37. The van der Waals surface area contributed by atoms with Crippen LogP contribution >= 0.6 is 0 Å². The van der Waals surface area contributed by atoms with E-state index in [0.717, 1.165) is 22.7 Å². The molecule has 0 radical (unpaired) electrons. The van der Waals surface area contributed by atoms with Crippen LogP contribution in [0.1, 0.15) is 5.69 Å². The molecule has 0 unspecified atom stereocenters. The van der Waals surface area contributed by atoms with Gasteiger partial charge in [0, 0.05) is 18.7 Å². The van der Waals surface area contributed by atoms with Gasteiger partial charge in [-0.3, -0.25) is 4.79 Å². The van der Waals surface area contributed by atoms with Crippen LogP contribution in [0.15, 0.2) is 65.2 Å². The van der Waals surface area contributed by atoms with Gasteiger partial charge in [0.15, 0.2) is 11.9 Å². The lowest BCUT2D eigenvalue weighted by atomic mass is 10.1. The second kappa shape index (κ2) is 6.92. The Morgan fingerprint density at radius 3 is 2.77 bits per heavy atom. The van der Waals surface area contributed by atoms with E-state index in [1.807, 2.05) is 60.7 Å². The van der Waals surface area contributed by atoms with Crippen LogP contribution in [0.4, 0.5) is 5.69 Å². The zero-order valence-electron chi connectivity index (χ0n) is 14.4. The quantitative estimate of drug-likeness (QED) is 0.784. The predicted octanol–water partition coefficient (Wildman–Crippen LogP) is 2.86. The van der Waals surface area contributed by atoms with Gasteiger partial charge in [-0.25, -0.2) is 0 Å². The topological polar surface area (TPSA) is 67.6 Å². The zero-order valence-corrected chi connectivity index (χ0v) is 14.4. The Bertz CT molecular complexity index is 907. The summed E-state index contributed by atoms with van der Waals surface area (Å²) in [4.78, 5) is 14.2. The number of nitrogens with one attached hydrogen (secondary N) is 1. The van der Waals surface area contributed by atoms with Crippen molar-refractivity contribution < 1.29 is 14.1 Å². The van der Waals surface area contributed by atoms with E-state index >= 15 is 0 Å². The lowest BCUT2D eigenvalue weighted by Gasteiger charge is -2.34. The molecule has 0 spiro atoms. The van der Waals surface area contributed by atoms with Gasteiger partial charge in [-0.1, -0.05) is 47.6 Å². The summed E-state index contributed by atoms with van der Waals surface area (Å²) >= 11 is 0. The number of likely N-dealkylation sites (N-methyl/N-ethyl adjacent to an activating group) is 1. The normalized spacial score (nSPS) is 15.9. The number of para-hydroxylation sites is 2. The molecule has 1 aliphatic heterocycles. The van der Waals surface area contributed by atoms with Crippen molar-refractivity contribution in [3.05, 3.63) is 66.4 Å². The lowest BCUT2D eigenvalue weighted by Crippen LogP contribution is -2.47. The van der Waals surface area contributed by atoms with Crippen molar-refractivity contribution in [2.24, 2.45) is 0 Å². The van der Waals surface area contributed by atoms with Crippen molar-refractivity contribution in [2.45, 2.75) is 12.6 Å². The van der Waals surface area contributed by atoms with E-state index < -0.39 is 6.10 Å². The Hall–Kier alpha value is -3.28. The SMILES string of the molecule is CNC(=O)[C@H]1CN(Cc2cc(-c3ccccc3)on2)c2ccccc2O1. The zero-order chi connectivity index (χ0) is 17.9. The molecule has 2 aromatic carbocycles. The van der Waals surface area contributed by atoms with Gasteiger partial charge in [0.2, 0.25) is 0 Å². The summed E-state index contributed by atoms with van der Waals surface area (Å²) in [5, 5.41) is 6.84. The van der Waals surface area contributed by atoms with E-state index in [9.17, 15) is 4.79 Å². The van der Waals surface area contributed by atoms with Crippen LogP contribution in [-0.2, 0) is 11.3 Å². The Morgan fingerprint density at radius 1 is 1.19 bits per heavy atom. The molecular formula is C20H19N3O3. The maximum absolute atomic E-state index is 12.1. The molecule has 6 heteroatoms. The number of rotatable bonds is 4. The molecule has 0 bridgehead atoms. The Kier molecular flexibility index (Phi) is 4.31. The second-order valence-electron chi connectivity index (χ2n) is 6.12. The molecule has 132 valence electrons. The van der Waals surface area contributed by atoms with Crippen molar-refractivity contribution in [2.75, 3.05) is 18.5 Å². The average molecular weight is 349 g/mol. The first-order chi connectivity index (χ1) is 12.7. The van der Waals surface area contributed by atoms with E-state index in [-0.39, 0.29) is 5.91 Å². The molecule has 1 aliphatic rings. The maximum atomic E-state index is 12.1. The highest BCUT2D eigenvalue weighted by molar-refractivity contribution is 5.83. The first-order valence-electron chi connectivity index (χ1n) is 8.48. The van der Waals surface area contributed by atoms with Crippen LogP contribution < -0.4 is 15.0 Å². The molecule has 0 saturated heterocycles. The molecule has 1 aromatic heterocycles. The van der Waals surface area contributed by atoms with E-state index in [0.29, 0.717) is 18.8 Å². The molecular weight excluding hydrogens is 330 g/mol. The minimum atomic E-state index is -0.560. The van der Waals surface area contributed by atoms with Crippen LogP contribution in [0, 0.1) is 0 Å². The molecule has 0 saturated carbocycles. The second-order valence-corrected chi connectivity index (χ2v) is 6.12. The number of amides is 1. The van der Waals surface area contributed by atoms with Gasteiger partial charge in [-0.15, -0.1) is 0 Å². The molecule has 1 amide bonds. The minimum absolute atomic E-state index is 0.144. The number of fused-ring (bicyclic) bond motifs is 1. The number of ether oxygens (including phenoxy) is 1. The summed E-state index contributed by atoms with van der Waals surface area (Å²) < 4.78 is 11.3. The van der Waals surface area contributed by atoms with Crippen molar-refractivity contribution in [1.29, 1.82) is 0 Å². The fraction of sp³-hybridized carbons (Fsp3) is 0.200. The van der Waals surface area contributed by atoms with Crippen molar-refractivity contribution in [3.63, 3.8) is 0 Å². The number of carbonyl (C=O) groups is 1. The third-order valence-corrected chi connectivity index (χ3v) is 4.37. The molecule has 4 rings (SSSR count). The van der Waals surface area contributed by atoms with Gasteiger partial charge in [0.1, 0.15) is 11.4 Å². The number of anilines is 1. The number of hydrogen-bond donors (Lipinski definition) is 1. The molecule has 0 fully saturated rings. The molecule has 2 heterocycles. The molecule has 3 aromatic rings. The first kappa shape index (κ1) is 16.2. The first-order valence-corrected chi connectivity index (χ1v) is 8.48. The lowest BCUT2D eigenvalue weighted by molar-refractivity contribution is -0.127. The van der Waals surface area contributed by atoms with Crippen LogP contribution in [0.3, 0.4) is 0 Å². The minimum Gasteiger partial charge on any atom is -0.477 e. The average Bonchev–Trinajstić information content (AvgIpc) is 3.16. The van der Waals surface area contributed by atoms with Crippen molar-refractivity contribution in [3.8, 4) is 17.1 Å². The summed E-state index contributed by atoms with van der Waals surface area (Å²) in [5.41, 5.74) is 2.73. The van der Waals surface area contributed by atoms with Crippen LogP contribution in [-0.4, -0.2) is 30.8 Å². The molecule has 1 atom stereocenters. The van der Waals surface area contributed by atoms with E-state index in [1.165, 1.54) is 0 Å². The number of hydrogen-bond acceptors (Lipinski definition) is 5. The van der Waals surface area contributed by atoms with Gasteiger partial charge in [-0.2, -0.15) is 0 Å². The Balaban J connectivity index is 1.59. The van der Waals surface area contributed by atoms with E-state index in [4.69, 9.17) is 9.26 Å².